The van der Waals surface area contributed by atoms with Gasteiger partial charge in [-0.3, -0.25) is 4.79 Å². The first-order chi connectivity index (χ1) is 15.1. The van der Waals surface area contributed by atoms with E-state index in [2.05, 4.69) is 22.0 Å². The topological polar surface area (TPSA) is 44.8 Å². The number of halogens is 1. The highest BCUT2D eigenvalue weighted by molar-refractivity contribution is 9.10. The zero-order valence-electron chi connectivity index (χ0n) is 17.4. The molecule has 31 heavy (non-hydrogen) atoms. The van der Waals surface area contributed by atoms with Crippen LogP contribution in [0.1, 0.15) is 45.3 Å². The van der Waals surface area contributed by atoms with Gasteiger partial charge in [0.05, 0.1) is 26.7 Å². The maximum absolute atomic E-state index is 13.7. The average molecular weight is 479 g/mol. The van der Waals surface area contributed by atoms with Crippen molar-refractivity contribution in [2.75, 3.05) is 20.8 Å². The van der Waals surface area contributed by atoms with Crippen LogP contribution in [0.3, 0.4) is 0 Å². The molecular weight excluding hydrogens is 456 g/mol. The van der Waals surface area contributed by atoms with Gasteiger partial charge in [-0.05, 0) is 41.8 Å². The highest BCUT2D eigenvalue weighted by Crippen LogP contribution is 2.53. The number of methoxy groups -OCH3 is 2. The highest BCUT2D eigenvalue weighted by atomic mass is 79.9. The lowest BCUT2D eigenvalue weighted by atomic mass is 9.66. The van der Waals surface area contributed by atoms with E-state index in [1.807, 2.05) is 54.6 Å². The molecule has 5 rings (SSSR count). The summed E-state index contributed by atoms with van der Waals surface area (Å²) < 4.78 is 18.4. The van der Waals surface area contributed by atoms with E-state index in [0.29, 0.717) is 18.1 Å². The van der Waals surface area contributed by atoms with Gasteiger partial charge in [0.25, 0.3) is 0 Å². The molecule has 5 heteroatoms. The van der Waals surface area contributed by atoms with Crippen molar-refractivity contribution in [2.45, 2.75) is 18.3 Å². The van der Waals surface area contributed by atoms with Gasteiger partial charge in [0.1, 0.15) is 5.75 Å². The second kappa shape index (κ2) is 8.04. The zero-order chi connectivity index (χ0) is 21.5. The summed E-state index contributed by atoms with van der Waals surface area (Å²) in [5, 5.41) is 0. The van der Waals surface area contributed by atoms with Crippen LogP contribution in [0.4, 0.5) is 0 Å². The minimum Gasteiger partial charge on any atom is -0.493 e. The maximum Gasteiger partial charge on any atom is 0.170 e. The van der Waals surface area contributed by atoms with Crippen molar-refractivity contribution in [2.24, 2.45) is 5.92 Å². The molecule has 3 aromatic carbocycles. The molecule has 1 aliphatic heterocycles. The number of rotatable bonds is 4. The Morgan fingerprint density at radius 1 is 0.935 bits per heavy atom. The van der Waals surface area contributed by atoms with Gasteiger partial charge >= 0.3 is 0 Å². The van der Waals surface area contributed by atoms with Crippen LogP contribution in [0, 0.1) is 5.92 Å². The van der Waals surface area contributed by atoms with Crippen molar-refractivity contribution in [1.29, 1.82) is 0 Å². The molecule has 0 fully saturated rings. The summed E-state index contributed by atoms with van der Waals surface area (Å²) >= 11 is 3.56. The third-order valence-electron chi connectivity index (χ3n) is 6.45. The molecule has 158 valence electrons. The molecule has 1 heterocycles. The van der Waals surface area contributed by atoms with Crippen molar-refractivity contribution in [3.8, 4) is 17.2 Å². The van der Waals surface area contributed by atoms with Crippen LogP contribution in [0.5, 0.6) is 17.2 Å². The Labute approximate surface area is 190 Å². The summed E-state index contributed by atoms with van der Waals surface area (Å²) in [6.07, 6.45) is 0.848. The van der Waals surface area contributed by atoms with Crippen molar-refractivity contribution in [1.82, 2.24) is 0 Å². The standard InChI is InChI=1S/C26H23BrO4/c1-29-23-12-20-19-10-16(14-31-22-11-17(27)8-9-18(19)22)25(21(20)13-24(23)30-2)26(28)15-6-4-3-5-7-15/h3-9,11-13,16,19,25H,10,14H2,1-2H3/t16-,19+,25-/m0/s1. The lowest BCUT2D eigenvalue weighted by molar-refractivity contribution is 0.0891. The fourth-order valence-electron chi connectivity index (χ4n) is 5.02. The van der Waals surface area contributed by atoms with Crippen LogP contribution in [-0.4, -0.2) is 26.6 Å². The Morgan fingerprint density at radius 3 is 2.35 bits per heavy atom. The van der Waals surface area contributed by atoms with Crippen molar-refractivity contribution in [3.63, 3.8) is 0 Å². The van der Waals surface area contributed by atoms with Gasteiger partial charge in [0.2, 0.25) is 0 Å². The number of carbonyl (C=O) groups excluding carboxylic acids is 1. The zero-order valence-corrected chi connectivity index (χ0v) is 19.0. The summed E-state index contributed by atoms with van der Waals surface area (Å²) in [4.78, 5) is 13.7. The maximum atomic E-state index is 13.7. The lowest BCUT2D eigenvalue weighted by Crippen LogP contribution is -2.32. The van der Waals surface area contributed by atoms with E-state index in [9.17, 15) is 4.79 Å². The minimum atomic E-state index is -0.300. The Kier molecular flexibility index (Phi) is 5.22. The van der Waals surface area contributed by atoms with Crippen molar-refractivity contribution >= 4 is 21.7 Å². The number of Topliss-reactive ketones (excluding diaryl/α,β-unsaturated/α-hetero) is 1. The van der Waals surface area contributed by atoms with Gasteiger partial charge in [0, 0.05) is 27.4 Å². The molecule has 1 aliphatic carbocycles. The van der Waals surface area contributed by atoms with Crippen LogP contribution in [0.15, 0.2) is 65.1 Å². The van der Waals surface area contributed by atoms with Crippen molar-refractivity contribution in [3.05, 3.63) is 87.4 Å². The molecule has 2 aliphatic rings. The van der Waals surface area contributed by atoms with Gasteiger partial charge in [-0.2, -0.15) is 0 Å². The molecule has 0 saturated heterocycles. The SMILES string of the molecule is COc1cc2c(cc1OC)[C@@H](C(=O)c1ccccc1)[C@@H]1COc3cc(Br)ccc3[C@H]2C1. The summed E-state index contributed by atoms with van der Waals surface area (Å²) in [6, 6.07) is 19.7. The fourth-order valence-corrected chi connectivity index (χ4v) is 5.36. The third-order valence-corrected chi connectivity index (χ3v) is 6.95. The van der Waals surface area contributed by atoms with E-state index < -0.39 is 0 Å². The molecular formula is C26H23BrO4. The summed E-state index contributed by atoms with van der Waals surface area (Å²) in [5.41, 5.74) is 3.98. The molecule has 0 radical (unpaired) electrons. The molecule has 0 unspecified atom stereocenters. The molecule has 3 atom stereocenters. The van der Waals surface area contributed by atoms with Crippen LogP contribution in [0.2, 0.25) is 0 Å². The monoisotopic (exact) mass is 478 g/mol. The van der Waals surface area contributed by atoms with E-state index in [1.165, 1.54) is 0 Å². The third kappa shape index (κ3) is 3.41. The van der Waals surface area contributed by atoms with E-state index in [4.69, 9.17) is 14.2 Å². The van der Waals surface area contributed by atoms with E-state index in [0.717, 1.165) is 38.9 Å². The molecule has 0 N–H and O–H groups in total. The van der Waals surface area contributed by atoms with Gasteiger partial charge in [0.15, 0.2) is 17.3 Å². The lowest BCUT2D eigenvalue weighted by Gasteiger charge is -2.36. The Balaban J connectivity index is 1.72. The normalized spacial score (nSPS) is 21.2. The second-order valence-electron chi connectivity index (χ2n) is 8.09. The molecule has 0 aromatic heterocycles. The number of fused-ring (bicyclic) bond motifs is 6. The number of carbonyl (C=O) groups is 1. The fraction of sp³-hybridized carbons (Fsp3) is 0.269. The van der Waals surface area contributed by atoms with Crippen LogP contribution < -0.4 is 14.2 Å². The van der Waals surface area contributed by atoms with Gasteiger partial charge in [-0.25, -0.2) is 0 Å². The number of hydrogen-bond acceptors (Lipinski definition) is 4. The number of hydrogen-bond donors (Lipinski definition) is 0. The number of ketones is 1. The average Bonchev–Trinajstić information content (AvgIpc) is 2.96. The van der Waals surface area contributed by atoms with Gasteiger partial charge < -0.3 is 14.2 Å². The van der Waals surface area contributed by atoms with Crippen LogP contribution in [-0.2, 0) is 0 Å². The largest absolute Gasteiger partial charge is 0.493 e. The van der Waals surface area contributed by atoms with E-state index >= 15 is 0 Å². The first kappa shape index (κ1) is 20.1. The predicted octanol–water partition coefficient (Wildman–Crippen LogP) is 5.98. The second-order valence-corrected chi connectivity index (χ2v) is 9.00. The molecule has 3 aromatic rings. The van der Waals surface area contributed by atoms with Gasteiger partial charge in [-0.1, -0.05) is 52.3 Å². The Bertz CT molecular complexity index is 1140. The number of ether oxygens (including phenoxy) is 3. The van der Waals surface area contributed by atoms with Crippen molar-refractivity contribution < 1.29 is 19.0 Å². The molecule has 0 amide bonds. The van der Waals surface area contributed by atoms with Crippen LogP contribution in [0.25, 0.3) is 0 Å². The minimum absolute atomic E-state index is 0.0643. The predicted molar refractivity (Wildman–Crippen MR) is 123 cm³/mol. The van der Waals surface area contributed by atoms with E-state index in [1.54, 1.807) is 14.2 Å². The molecule has 0 saturated carbocycles. The first-order valence-electron chi connectivity index (χ1n) is 10.4. The smallest absolute Gasteiger partial charge is 0.170 e. The summed E-state index contributed by atoms with van der Waals surface area (Å²) in [6.45, 7) is 0.497. The number of benzene rings is 3. The molecule has 2 bridgehead atoms. The summed E-state index contributed by atoms with van der Waals surface area (Å²) in [7, 11) is 3.27. The molecule has 0 spiro atoms. The highest BCUT2D eigenvalue weighted by Gasteiger charge is 2.43. The van der Waals surface area contributed by atoms with E-state index in [-0.39, 0.29) is 23.5 Å². The molecule has 4 nitrogen and oxygen atoms in total. The van der Waals surface area contributed by atoms with Gasteiger partial charge in [-0.15, -0.1) is 0 Å². The van der Waals surface area contributed by atoms with Crippen LogP contribution >= 0.6 is 15.9 Å². The first-order valence-corrected chi connectivity index (χ1v) is 11.2. The summed E-state index contributed by atoms with van der Waals surface area (Å²) in [5.74, 6) is 2.20. The Hall–Kier alpha value is -2.79. The quantitative estimate of drug-likeness (QED) is 0.432. The Morgan fingerprint density at radius 2 is 1.65 bits per heavy atom.